The number of hydrogen-bond donors (Lipinski definition) is 2. The van der Waals surface area contributed by atoms with Crippen molar-refractivity contribution >= 4 is 0 Å². The first kappa shape index (κ1) is 21.3. The van der Waals surface area contributed by atoms with Crippen molar-refractivity contribution in [3.63, 3.8) is 0 Å². The molecule has 0 bridgehead atoms. The lowest BCUT2D eigenvalue weighted by Crippen LogP contribution is -2.52. The molecular weight excluding hydrogens is 403 g/mol. The van der Waals surface area contributed by atoms with Gasteiger partial charge in [-0.1, -0.05) is 0 Å². The highest BCUT2D eigenvalue weighted by atomic mass is 19.1. The van der Waals surface area contributed by atoms with Crippen LogP contribution in [0.5, 0.6) is 0 Å². The van der Waals surface area contributed by atoms with Gasteiger partial charge in [-0.15, -0.1) is 0 Å². The summed E-state index contributed by atoms with van der Waals surface area (Å²) in [6.45, 7) is 5.73. The van der Waals surface area contributed by atoms with Crippen LogP contribution in [0.1, 0.15) is 30.9 Å². The van der Waals surface area contributed by atoms with Gasteiger partial charge in [0, 0.05) is 55.2 Å². The van der Waals surface area contributed by atoms with Gasteiger partial charge in [0.05, 0.1) is 12.3 Å². The predicted octanol–water partition coefficient (Wildman–Crippen LogP) is 4.13. The fourth-order valence-corrected chi connectivity index (χ4v) is 5.03. The number of aliphatic hydroxyl groups is 1. The Labute approximate surface area is 188 Å². The van der Waals surface area contributed by atoms with Crippen LogP contribution < -0.4 is 0 Å². The van der Waals surface area contributed by atoms with Gasteiger partial charge in [-0.25, -0.2) is 4.39 Å². The van der Waals surface area contributed by atoms with Gasteiger partial charge in [-0.2, -0.15) is 0 Å². The normalized spacial score (nSPS) is 20.4. The summed E-state index contributed by atoms with van der Waals surface area (Å²) in [5.74, 6) is 0.275. The maximum atomic E-state index is 13.5. The molecule has 5 rings (SSSR count). The third-order valence-corrected chi connectivity index (χ3v) is 7.17. The van der Waals surface area contributed by atoms with Crippen LogP contribution >= 0.6 is 0 Å². The van der Waals surface area contributed by atoms with Crippen molar-refractivity contribution in [2.45, 2.75) is 31.2 Å². The van der Waals surface area contributed by atoms with Crippen molar-refractivity contribution < 1.29 is 9.50 Å². The molecule has 6 heteroatoms. The second-order valence-corrected chi connectivity index (χ2v) is 9.03. The Balaban J connectivity index is 1.29. The van der Waals surface area contributed by atoms with Crippen LogP contribution in [-0.2, 0) is 0 Å². The van der Waals surface area contributed by atoms with Crippen molar-refractivity contribution in [1.29, 1.82) is 0 Å². The van der Waals surface area contributed by atoms with E-state index in [1.165, 1.54) is 17.8 Å². The lowest BCUT2D eigenvalue weighted by Gasteiger charge is -2.41. The molecule has 2 fully saturated rings. The van der Waals surface area contributed by atoms with E-state index in [1.54, 1.807) is 0 Å². The van der Waals surface area contributed by atoms with E-state index >= 15 is 0 Å². The smallest absolute Gasteiger partial charge is 0.123 e. The number of benzene rings is 1. The minimum Gasteiger partial charge on any atom is -0.395 e. The number of pyridine rings is 1. The monoisotopic (exact) mass is 434 g/mol. The van der Waals surface area contributed by atoms with Crippen molar-refractivity contribution in [2.75, 3.05) is 39.3 Å². The van der Waals surface area contributed by atoms with Crippen molar-refractivity contribution in [3.05, 3.63) is 66.4 Å². The molecule has 4 heterocycles. The lowest BCUT2D eigenvalue weighted by atomic mass is 9.93. The zero-order chi connectivity index (χ0) is 21.9. The number of halogens is 1. The van der Waals surface area contributed by atoms with E-state index in [0.717, 1.165) is 74.4 Å². The molecule has 5 nitrogen and oxygen atoms in total. The molecule has 0 unspecified atom stereocenters. The van der Waals surface area contributed by atoms with E-state index in [2.05, 4.69) is 25.8 Å². The summed E-state index contributed by atoms with van der Waals surface area (Å²) in [6.07, 6.45) is 7.01. The van der Waals surface area contributed by atoms with Crippen LogP contribution in [0.25, 0.3) is 22.4 Å². The molecular formula is C26H31FN4O. The summed E-state index contributed by atoms with van der Waals surface area (Å²) in [5.41, 5.74) is 5.56. The number of aromatic amines is 1. The minimum atomic E-state index is -0.220. The van der Waals surface area contributed by atoms with E-state index in [0.29, 0.717) is 12.0 Å². The Kier molecular flexibility index (Phi) is 6.35. The molecule has 168 valence electrons. The molecule has 0 amide bonds. The Hall–Kier alpha value is -2.54. The van der Waals surface area contributed by atoms with E-state index in [-0.39, 0.29) is 12.4 Å². The lowest BCUT2D eigenvalue weighted by molar-refractivity contribution is 0.0318. The number of nitrogens with zero attached hydrogens (tertiary/aromatic N) is 3. The Morgan fingerprint density at radius 2 is 1.69 bits per heavy atom. The summed E-state index contributed by atoms with van der Waals surface area (Å²) in [5, 5.41) is 9.38. The molecule has 0 radical (unpaired) electrons. The number of hydrogen-bond acceptors (Lipinski definition) is 4. The molecule has 32 heavy (non-hydrogen) atoms. The van der Waals surface area contributed by atoms with Crippen LogP contribution in [0.4, 0.5) is 4.39 Å². The van der Waals surface area contributed by atoms with Gasteiger partial charge in [0.25, 0.3) is 0 Å². The summed E-state index contributed by atoms with van der Waals surface area (Å²) in [6, 6.07) is 13.4. The van der Waals surface area contributed by atoms with Crippen LogP contribution in [-0.4, -0.2) is 70.2 Å². The van der Waals surface area contributed by atoms with Crippen LogP contribution in [0.15, 0.2) is 54.9 Å². The molecule has 3 aromatic rings. The van der Waals surface area contributed by atoms with Gasteiger partial charge in [-0.3, -0.25) is 9.88 Å². The van der Waals surface area contributed by atoms with E-state index in [4.69, 9.17) is 0 Å². The van der Waals surface area contributed by atoms with E-state index in [1.807, 2.05) is 36.7 Å². The highest BCUT2D eigenvalue weighted by Gasteiger charge is 2.28. The molecule has 2 saturated heterocycles. The first-order chi connectivity index (χ1) is 15.7. The molecule has 1 atom stereocenters. The quantitative estimate of drug-likeness (QED) is 0.587. The van der Waals surface area contributed by atoms with Gasteiger partial charge in [-0.05, 0) is 85.9 Å². The number of H-pyrrole nitrogens is 1. The molecule has 2 N–H and O–H groups in total. The summed E-state index contributed by atoms with van der Waals surface area (Å²) < 4.78 is 13.5. The van der Waals surface area contributed by atoms with Crippen molar-refractivity contribution in [1.82, 2.24) is 19.8 Å². The number of aliphatic hydroxyl groups excluding tert-OH is 1. The Bertz CT molecular complexity index is 1010. The summed E-state index contributed by atoms with van der Waals surface area (Å²) >= 11 is 0. The number of aromatic nitrogens is 2. The average molecular weight is 435 g/mol. The molecule has 0 saturated carbocycles. The van der Waals surface area contributed by atoms with Crippen molar-refractivity contribution in [2.24, 2.45) is 0 Å². The topological polar surface area (TPSA) is 55.4 Å². The van der Waals surface area contributed by atoms with Crippen molar-refractivity contribution in [3.8, 4) is 22.4 Å². The van der Waals surface area contributed by atoms with Gasteiger partial charge in [0.1, 0.15) is 5.82 Å². The number of nitrogens with one attached hydrogen (secondary N) is 1. The zero-order valence-corrected chi connectivity index (χ0v) is 18.4. The maximum absolute atomic E-state index is 13.5. The molecule has 0 aliphatic carbocycles. The fourth-order valence-electron chi connectivity index (χ4n) is 5.03. The highest BCUT2D eigenvalue weighted by Crippen LogP contribution is 2.37. The minimum absolute atomic E-state index is 0.220. The first-order valence-corrected chi connectivity index (χ1v) is 11.7. The molecule has 1 aromatic carbocycles. The van der Waals surface area contributed by atoms with E-state index in [9.17, 15) is 9.50 Å². The van der Waals surface area contributed by atoms with Gasteiger partial charge >= 0.3 is 0 Å². The second kappa shape index (κ2) is 9.53. The van der Waals surface area contributed by atoms with Gasteiger partial charge in [0.2, 0.25) is 0 Å². The van der Waals surface area contributed by atoms with E-state index < -0.39 is 0 Å². The molecule has 0 spiro atoms. The largest absolute Gasteiger partial charge is 0.395 e. The van der Waals surface area contributed by atoms with Crippen LogP contribution in [0, 0.1) is 5.82 Å². The molecule has 2 aromatic heterocycles. The van der Waals surface area contributed by atoms with Crippen LogP contribution in [0.2, 0.25) is 0 Å². The standard InChI is InChI=1S/C26H31FN4O/c27-22-3-1-21(2-4-22)26-24(19-5-10-28-11-6-19)17-25(29-26)20-7-12-30(13-8-20)15-16-31-14-9-23(31)18-32/h1-6,10-11,17,20,23,29,32H,7-9,12-16,18H2/t23-/m0/s1. The fraction of sp³-hybridized carbons (Fsp3) is 0.423. The third kappa shape index (κ3) is 4.49. The van der Waals surface area contributed by atoms with Gasteiger partial charge in [0.15, 0.2) is 0 Å². The Morgan fingerprint density at radius 1 is 0.938 bits per heavy atom. The Morgan fingerprint density at radius 3 is 2.34 bits per heavy atom. The number of piperidine rings is 1. The zero-order valence-electron chi connectivity index (χ0n) is 18.4. The van der Waals surface area contributed by atoms with Gasteiger partial charge < -0.3 is 15.0 Å². The molecule has 2 aliphatic heterocycles. The first-order valence-electron chi connectivity index (χ1n) is 11.7. The highest BCUT2D eigenvalue weighted by molar-refractivity contribution is 5.82. The molecule has 2 aliphatic rings. The number of rotatable bonds is 7. The average Bonchev–Trinajstić information content (AvgIpc) is 3.26. The summed E-state index contributed by atoms with van der Waals surface area (Å²) in [7, 11) is 0. The number of likely N-dealkylation sites (tertiary alicyclic amines) is 2. The van der Waals surface area contributed by atoms with Crippen LogP contribution in [0.3, 0.4) is 0 Å². The third-order valence-electron chi connectivity index (χ3n) is 7.17. The second-order valence-electron chi connectivity index (χ2n) is 9.03. The SMILES string of the molecule is OC[C@@H]1CCN1CCN1CCC(c2cc(-c3ccncc3)c(-c3ccc(F)cc3)[nH]2)CC1. The summed E-state index contributed by atoms with van der Waals surface area (Å²) in [4.78, 5) is 12.8. The predicted molar refractivity (Wildman–Crippen MR) is 125 cm³/mol. The maximum Gasteiger partial charge on any atom is 0.123 e.